The molecule has 0 aromatic heterocycles. The standard InChI is InChI=1S/C16H16BrNO3/c1-20-11-21-15-9-13(17)7-8-14(15)16(19)18-10-12-5-3-2-4-6-12/h2-9H,10-11H2,1H3,(H,18,19). The number of amides is 1. The van der Waals surface area contributed by atoms with E-state index in [0.717, 1.165) is 10.0 Å². The molecule has 0 saturated heterocycles. The van der Waals surface area contributed by atoms with Crippen molar-refractivity contribution in [1.29, 1.82) is 0 Å². The zero-order valence-electron chi connectivity index (χ0n) is 11.6. The number of carbonyl (C=O) groups is 1. The molecule has 5 heteroatoms. The average Bonchev–Trinajstić information content (AvgIpc) is 2.51. The van der Waals surface area contributed by atoms with Gasteiger partial charge in [0, 0.05) is 18.1 Å². The van der Waals surface area contributed by atoms with Crippen LogP contribution in [0.1, 0.15) is 15.9 Å². The Balaban J connectivity index is 2.07. The Kier molecular flexibility index (Phi) is 5.78. The van der Waals surface area contributed by atoms with Crippen molar-refractivity contribution in [3.63, 3.8) is 0 Å². The van der Waals surface area contributed by atoms with Gasteiger partial charge in [-0.25, -0.2) is 0 Å². The molecule has 0 heterocycles. The molecule has 2 rings (SSSR count). The monoisotopic (exact) mass is 349 g/mol. The highest BCUT2D eigenvalue weighted by Gasteiger charge is 2.13. The second-order valence-electron chi connectivity index (χ2n) is 4.36. The van der Waals surface area contributed by atoms with Crippen molar-refractivity contribution in [3.8, 4) is 5.75 Å². The largest absolute Gasteiger partial charge is 0.467 e. The Bertz CT molecular complexity index is 602. The average molecular weight is 350 g/mol. The van der Waals surface area contributed by atoms with E-state index in [2.05, 4.69) is 21.2 Å². The van der Waals surface area contributed by atoms with Crippen LogP contribution in [0.25, 0.3) is 0 Å². The molecule has 0 saturated carbocycles. The summed E-state index contributed by atoms with van der Waals surface area (Å²) < 4.78 is 11.1. The fourth-order valence-corrected chi connectivity index (χ4v) is 2.14. The van der Waals surface area contributed by atoms with Gasteiger partial charge >= 0.3 is 0 Å². The maximum atomic E-state index is 12.3. The van der Waals surface area contributed by atoms with E-state index in [1.807, 2.05) is 30.3 Å². The van der Waals surface area contributed by atoms with Crippen LogP contribution in [0.4, 0.5) is 0 Å². The Morgan fingerprint density at radius 1 is 1.19 bits per heavy atom. The van der Waals surface area contributed by atoms with Crippen LogP contribution in [0.2, 0.25) is 0 Å². The van der Waals surface area contributed by atoms with Gasteiger partial charge in [-0.3, -0.25) is 4.79 Å². The molecule has 4 nitrogen and oxygen atoms in total. The molecular formula is C16H16BrNO3. The lowest BCUT2D eigenvalue weighted by atomic mass is 10.1. The van der Waals surface area contributed by atoms with Crippen molar-refractivity contribution in [3.05, 3.63) is 64.1 Å². The maximum Gasteiger partial charge on any atom is 0.255 e. The number of rotatable bonds is 6. The third-order valence-corrected chi connectivity index (χ3v) is 3.31. The number of ether oxygens (including phenoxy) is 2. The Morgan fingerprint density at radius 3 is 2.67 bits per heavy atom. The van der Waals surface area contributed by atoms with E-state index in [1.54, 1.807) is 18.2 Å². The molecule has 1 amide bonds. The predicted molar refractivity (Wildman–Crippen MR) is 84.3 cm³/mol. The number of benzene rings is 2. The van der Waals surface area contributed by atoms with Crippen LogP contribution in [0.15, 0.2) is 53.0 Å². The van der Waals surface area contributed by atoms with Gasteiger partial charge in [-0.05, 0) is 23.8 Å². The molecule has 1 N–H and O–H groups in total. The van der Waals surface area contributed by atoms with E-state index >= 15 is 0 Å². The zero-order chi connectivity index (χ0) is 15.1. The summed E-state index contributed by atoms with van der Waals surface area (Å²) in [6.07, 6.45) is 0. The lowest BCUT2D eigenvalue weighted by Gasteiger charge is -2.11. The molecule has 0 aliphatic carbocycles. The van der Waals surface area contributed by atoms with Gasteiger partial charge in [-0.1, -0.05) is 46.3 Å². The van der Waals surface area contributed by atoms with E-state index in [4.69, 9.17) is 9.47 Å². The van der Waals surface area contributed by atoms with Crippen LogP contribution in [-0.4, -0.2) is 19.8 Å². The van der Waals surface area contributed by atoms with Crippen molar-refractivity contribution in [2.75, 3.05) is 13.9 Å². The molecule has 21 heavy (non-hydrogen) atoms. The van der Waals surface area contributed by atoms with E-state index < -0.39 is 0 Å². The maximum absolute atomic E-state index is 12.3. The van der Waals surface area contributed by atoms with Crippen LogP contribution in [0, 0.1) is 0 Å². The first-order chi connectivity index (χ1) is 10.2. The Labute approximate surface area is 132 Å². The third kappa shape index (κ3) is 4.58. The van der Waals surface area contributed by atoms with Gasteiger partial charge in [0.15, 0.2) is 6.79 Å². The highest BCUT2D eigenvalue weighted by Crippen LogP contribution is 2.24. The summed E-state index contributed by atoms with van der Waals surface area (Å²) in [6.45, 7) is 0.564. The summed E-state index contributed by atoms with van der Waals surface area (Å²) in [5.41, 5.74) is 1.52. The molecule has 0 spiro atoms. The van der Waals surface area contributed by atoms with Crippen LogP contribution >= 0.6 is 15.9 Å². The minimum absolute atomic E-state index is 0.0927. The summed E-state index contributed by atoms with van der Waals surface area (Å²) in [5.74, 6) is 0.300. The van der Waals surface area contributed by atoms with Gasteiger partial charge in [0.1, 0.15) is 5.75 Å². The molecule has 0 fully saturated rings. The Hall–Kier alpha value is -1.85. The van der Waals surface area contributed by atoms with E-state index in [0.29, 0.717) is 17.9 Å². The van der Waals surface area contributed by atoms with Crippen molar-refractivity contribution < 1.29 is 14.3 Å². The summed E-state index contributed by atoms with van der Waals surface area (Å²) in [5, 5.41) is 2.88. The van der Waals surface area contributed by atoms with Gasteiger partial charge in [0.05, 0.1) is 5.56 Å². The molecule has 0 radical (unpaired) electrons. The van der Waals surface area contributed by atoms with Crippen molar-refractivity contribution in [2.45, 2.75) is 6.54 Å². The summed E-state index contributed by atoms with van der Waals surface area (Å²) in [4.78, 5) is 12.3. The molecule has 2 aromatic rings. The minimum Gasteiger partial charge on any atom is -0.467 e. The lowest BCUT2D eigenvalue weighted by molar-refractivity contribution is 0.0500. The Morgan fingerprint density at radius 2 is 1.95 bits per heavy atom. The molecule has 0 aliphatic rings. The van der Waals surface area contributed by atoms with Crippen molar-refractivity contribution in [1.82, 2.24) is 5.32 Å². The molecule has 0 aliphatic heterocycles. The first kappa shape index (κ1) is 15.5. The number of carbonyl (C=O) groups excluding carboxylic acids is 1. The number of nitrogens with one attached hydrogen (secondary N) is 1. The number of methoxy groups -OCH3 is 1. The molecule has 0 unspecified atom stereocenters. The first-order valence-corrected chi connectivity index (χ1v) is 7.23. The smallest absolute Gasteiger partial charge is 0.255 e. The molecule has 0 bridgehead atoms. The third-order valence-electron chi connectivity index (χ3n) is 2.82. The summed E-state index contributed by atoms with van der Waals surface area (Å²) in [6, 6.07) is 15.0. The van der Waals surface area contributed by atoms with Crippen LogP contribution in [-0.2, 0) is 11.3 Å². The molecular weight excluding hydrogens is 334 g/mol. The van der Waals surface area contributed by atoms with Crippen LogP contribution in [0.3, 0.4) is 0 Å². The van der Waals surface area contributed by atoms with Crippen molar-refractivity contribution in [2.24, 2.45) is 0 Å². The fourth-order valence-electron chi connectivity index (χ4n) is 1.80. The molecule has 0 atom stereocenters. The van der Waals surface area contributed by atoms with Crippen LogP contribution < -0.4 is 10.1 Å². The van der Waals surface area contributed by atoms with Crippen molar-refractivity contribution >= 4 is 21.8 Å². The summed E-state index contributed by atoms with van der Waals surface area (Å²) >= 11 is 3.36. The SMILES string of the molecule is COCOc1cc(Br)ccc1C(=O)NCc1ccccc1. The molecule has 2 aromatic carbocycles. The van der Waals surface area contributed by atoms with Gasteiger partial charge in [0.25, 0.3) is 5.91 Å². The highest BCUT2D eigenvalue weighted by atomic mass is 79.9. The van der Waals surface area contributed by atoms with E-state index in [-0.39, 0.29) is 12.7 Å². The van der Waals surface area contributed by atoms with Crippen LogP contribution in [0.5, 0.6) is 5.75 Å². The van der Waals surface area contributed by atoms with Gasteiger partial charge < -0.3 is 14.8 Å². The molecule has 110 valence electrons. The fraction of sp³-hybridized carbons (Fsp3) is 0.188. The van der Waals surface area contributed by atoms with Gasteiger partial charge in [0.2, 0.25) is 0 Å². The highest BCUT2D eigenvalue weighted by molar-refractivity contribution is 9.10. The summed E-state index contributed by atoms with van der Waals surface area (Å²) in [7, 11) is 1.53. The number of hydrogen-bond acceptors (Lipinski definition) is 3. The topological polar surface area (TPSA) is 47.6 Å². The zero-order valence-corrected chi connectivity index (χ0v) is 13.2. The number of hydrogen-bond donors (Lipinski definition) is 1. The second-order valence-corrected chi connectivity index (χ2v) is 5.28. The van der Waals surface area contributed by atoms with E-state index in [1.165, 1.54) is 7.11 Å². The predicted octanol–water partition coefficient (Wildman–Crippen LogP) is 3.36. The van der Waals surface area contributed by atoms with Gasteiger partial charge in [-0.2, -0.15) is 0 Å². The second kappa shape index (κ2) is 7.81. The minimum atomic E-state index is -0.183. The number of halogens is 1. The first-order valence-electron chi connectivity index (χ1n) is 6.44. The quantitative estimate of drug-likeness (QED) is 0.813. The normalized spacial score (nSPS) is 10.2. The lowest BCUT2D eigenvalue weighted by Crippen LogP contribution is -2.23. The van der Waals surface area contributed by atoms with E-state index in [9.17, 15) is 4.79 Å². The van der Waals surface area contributed by atoms with Gasteiger partial charge in [-0.15, -0.1) is 0 Å².